The number of hydrogen-bond acceptors (Lipinski definition) is 6. The topological polar surface area (TPSA) is 90.5 Å². The molecule has 0 spiro atoms. The number of aromatic nitrogens is 1. The van der Waals surface area contributed by atoms with Crippen LogP contribution in [0.25, 0.3) is 0 Å². The lowest BCUT2D eigenvalue weighted by molar-refractivity contribution is -0.123. The molecule has 3 fully saturated rings. The van der Waals surface area contributed by atoms with E-state index in [0.717, 1.165) is 27.5 Å². The SMILES string of the molecule is Cc1ccc(N2C(=O)C3C4CC(C3C2=O)C2C4Sc3[nH]c(=O)sc3[C@@H]2c2ccc(O)cc2)cc1. The van der Waals surface area contributed by atoms with Crippen molar-refractivity contribution in [2.24, 2.45) is 29.6 Å². The monoisotopic (exact) mass is 490 g/mol. The van der Waals surface area contributed by atoms with Crippen molar-refractivity contribution in [2.75, 3.05) is 4.90 Å². The first-order valence-electron chi connectivity index (χ1n) is 11.6. The number of aryl methyl sites for hydroxylation is 1. The highest BCUT2D eigenvalue weighted by molar-refractivity contribution is 8.00. The van der Waals surface area contributed by atoms with Crippen molar-refractivity contribution in [2.45, 2.75) is 29.5 Å². The molecular formula is C26H22N2O4S2. The van der Waals surface area contributed by atoms with Crippen LogP contribution < -0.4 is 9.77 Å². The largest absolute Gasteiger partial charge is 0.508 e. The van der Waals surface area contributed by atoms with Gasteiger partial charge < -0.3 is 10.1 Å². The average molecular weight is 491 g/mol. The van der Waals surface area contributed by atoms with Gasteiger partial charge in [-0.05, 0) is 60.9 Å². The van der Waals surface area contributed by atoms with Crippen LogP contribution in [0.4, 0.5) is 5.69 Å². The Morgan fingerprint density at radius 1 is 0.941 bits per heavy atom. The first kappa shape index (κ1) is 20.5. The molecule has 4 aliphatic rings. The molecule has 7 rings (SSSR count). The number of amides is 2. The number of imide groups is 1. The molecule has 2 N–H and O–H groups in total. The average Bonchev–Trinajstić information content (AvgIpc) is 3.54. The van der Waals surface area contributed by atoms with E-state index in [1.807, 2.05) is 43.3 Å². The van der Waals surface area contributed by atoms with Crippen LogP contribution >= 0.6 is 23.1 Å². The predicted octanol–water partition coefficient (Wildman–Crippen LogP) is 4.13. The lowest BCUT2D eigenvalue weighted by atomic mass is 9.68. The predicted molar refractivity (Wildman–Crippen MR) is 130 cm³/mol. The number of H-pyrrole nitrogens is 1. The number of thioether (sulfide) groups is 1. The van der Waals surface area contributed by atoms with Crippen LogP contribution in [0.1, 0.15) is 28.3 Å². The van der Waals surface area contributed by atoms with Crippen molar-refractivity contribution in [1.29, 1.82) is 0 Å². The van der Waals surface area contributed by atoms with E-state index in [1.165, 1.54) is 16.2 Å². The summed E-state index contributed by atoms with van der Waals surface area (Å²) >= 11 is 2.93. The van der Waals surface area contributed by atoms with Crippen LogP contribution in [0.15, 0.2) is 58.4 Å². The van der Waals surface area contributed by atoms with Gasteiger partial charge in [-0.1, -0.05) is 41.2 Å². The van der Waals surface area contributed by atoms with Crippen molar-refractivity contribution in [3.05, 3.63) is 74.2 Å². The Balaban J connectivity index is 1.32. The zero-order chi connectivity index (χ0) is 23.3. The zero-order valence-electron chi connectivity index (χ0n) is 18.3. The third-order valence-corrected chi connectivity index (χ3v) is 10.9. The number of phenols is 1. The normalized spacial score (nSPS) is 33.2. The van der Waals surface area contributed by atoms with E-state index in [2.05, 4.69) is 4.98 Å². The molecule has 2 amide bonds. The molecule has 2 saturated carbocycles. The summed E-state index contributed by atoms with van der Waals surface area (Å²) in [5.74, 6) is -0.226. The molecule has 3 heterocycles. The van der Waals surface area contributed by atoms with Crippen molar-refractivity contribution < 1.29 is 14.7 Å². The molecule has 2 aromatic carbocycles. The molecule has 7 atom stereocenters. The second-order valence-corrected chi connectivity index (χ2v) is 12.1. The third kappa shape index (κ3) is 2.66. The smallest absolute Gasteiger partial charge is 0.305 e. The van der Waals surface area contributed by atoms with E-state index in [1.54, 1.807) is 23.9 Å². The highest BCUT2D eigenvalue weighted by atomic mass is 32.2. The highest BCUT2D eigenvalue weighted by Gasteiger charge is 2.69. The number of rotatable bonds is 2. The zero-order valence-corrected chi connectivity index (χ0v) is 19.9. The lowest BCUT2D eigenvalue weighted by Gasteiger charge is -2.43. The maximum atomic E-state index is 13.7. The van der Waals surface area contributed by atoms with Gasteiger partial charge in [0.05, 0.1) is 22.5 Å². The highest BCUT2D eigenvalue weighted by Crippen LogP contribution is 2.68. The number of fused-ring (bicyclic) bond motifs is 9. The van der Waals surface area contributed by atoms with Crippen LogP contribution in [0.2, 0.25) is 0 Å². The summed E-state index contributed by atoms with van der Waals surface area (Å²) in [7, 11) is 0. The van der Waals surface area contributed by atoms with Crippen LogP contribution in [0.3, 0.4) is 0 Å². The Morgan fingerprint density at radius 2 is 1.62 bits per heavy atom. The van der Waals surface area contributed by atoms with Gasteiger partial charge in [-0.25, -0.2) is 0 Å². The summed E-state index contributed by atoms with van der Waals surface area (Å²) in [6.45, 7) is 1.99. The maximum absolute atomic E-state index is 13.7. The van der Waals surface area contributed by atoms with E-state index in [-0.39, 0.29) is 63.2 Å². The van der Waals surface area contributed by atoms with E-state index < -0.39 is 0 Å². The Labute approximate surface area is 204 Å². The number of aromatic hydroxyl groups is 1. The second-order valence-electron chi connectivity index (χ2n) is 9.90. The van der Waals surface area contributed by atoms with Gasteiger partial charge >= 0.3 is 4.87 Å². The van der Waals surface area contributed by atoms with E-state index in [9.17, 15) is 19.5 Å². The third-order valence-electron chi connectivity index (χ3n) is 8.27. The first-order valence-corrected chi connectivity index (χ1v) is 13.2. The molecule has 6 unspecified atom stereocenters. The number of nitrogens with one attached hydrogen (secondary N) is 1. The lowest BCUT2D eigenvalue weighted by Crippen LogP contribution is -2.42. The van der Waals surface area contributed by atoms with Crippen LogP contribution in [0, 0.1) is 36.5 Å². The standard InChI is InChI=1S/C26H22N2O4S2/c1-11-2-6-13(7-3-11)28-24(30)19-15-10-16(20(19)25(28)31)21-18(15)17(12-4-8-14(29)9-5-12)22-23(33-21)27-26(32)34-22/h2-9,15-21,29H,10H2,1H3,(H,27,32)/t15?,16?,17-,18?,19?,20?,21?/m1/s1. The summed E-state index contributed by atoms with van der Waals surface area (Å²) in [6, 6.07) is 14.8. The molecule has 2 bridgehead atoms. The van der Waals surface area contributed by atoms with E-state index in [4.69, 9.17) is 0 Å². The number of hydrogen-bond donors (Lipinski definition) is 2. The minimum Gasteiger partial charge on any atom is -0.508 e. The number of thiazole rings is 1. The number of anilines is 1. The van der Waals surface area contributed by atoms with Gasteiger partial charge in [0.15, 0.2) is 0 Å². The Morgan fingerprint density at radius 3 is 2.32 bits per heavy atom. The fourth-order valence-corrected chi connectivity index (χ4v) is 9.91. The molecule has 3 aromatic rings. The Kier molecular flexibility index (Phi) is 4.28. The van der Waals surface area contributed by atoms with Gasteiger partial charge in [0.2, 0.25) is 11.8 Å². The number of carbonyl (C=O) groups excluding carboxylic acids is 2. The Hall–Kier alpha value is -2.84. The molecular weight excluding hydrogens is 468 g/mol. The van der Waals surface area contributed by atoms with Gasteiger partial charge in [0.1, 0.15) is 5.75 Å². The van der Waals surface area contributed by atoms with Crippen molar-refractivity contribution in [1.82, 2.24) is 4.98 Å². The fourth-order valence-electron chi connectivity index (χ4n) is 7.02. The molecule has 34 heavy (non-hydrogen) atoms. The summed E-state index contributed by atoms with van der Waals surface area (Å²) in [5, 5.41) is 10.9. The summed E-state index contributed by atoms with van der Waals surface area (Å²) in [5.41, 5.74) is 2.78. The molecule has 8 heteroatoms. The summed E-state index contributed by atoms with van der Waals surface area (Å²) in [4.78, 5) is 45.0. The first-order chi connectivity index (χ1) is 16.4. The van der Waals surface area contributed by atoms with Crippen LogP contribution in [0.5, 0.6) is 5.75 Å². The van der Waals surface area contributed by atoms with E-state index in [0.29, 0.717) is 5.69 Å². The number of carbonyl (C=O) groups is 2. The molecule has 1 saturated heterocycles. The molecule has 172 valence electrons. The molecule has 2 aliphatic heterocycles. The fraction of sp³-hybridized carbons (Fsp3) is 0.346. The quantitative estimate of drug-likeness (QED) is 0.527. The van der Waals surface area contributed by atoms with Crippen molar-refractivity contribution in [3.8, 4) is 5.75 Å². The number of nitrogens with zero attached hydrogens (tertiary/aromatic N) is 1. The summed E-state index contributed by atoms with van der Waals surface area (Å²) in [6.07, 6.45) is 0.866. The molecule has 2 aliphatic carbocycles. The maximum Gasteiger partial charge on any atom is 0.305 e. The number of aromatic amines is 1. The van der Waals surface area contributed by atoms with Gasteiger partial charge in [0.25, 0.3) is 0 Å². The van der Waals surface area contributed by atoms with Crippen molar-refractivity contribution >= 4 is 40.6 Å². The molecule has 0 radical (unpaired) electrons. The summed E-state index contributed by atoms with van der Waals surface area (Å²) < 4.78 is 0. The Bertz CT molecular complexity index is 1390. The van der Waals surface area contributed by atoms with Crippen LogP contribution in [-0.2, 0) is 9.59 Å². The number of benzene rings is 2. The molecule has 1 aromatic heterocycles. The van der Waals surface area contributed by atoms with Crippen LogP contribution in [-0.4, -0.2) is 27.2 Å². The van der Waals surface area contributed by atoms with Crippen molar-refractivity contribution in [3.63, 3.8) is 0 Å². The van der Waals surface area contributed by atoms with Gasteiger partial charge in [-0.15, -0.1) is 11.8 Å². The number of phenolic OH excluding ortho intramolecular Hbond substituents is 1. The minimum absolute atomic E-state index is 0.0296. The second kappa shape index (κ2) is 7.09. The van der Waals surface area contributed by atoms with E-state index >= 15 is 0 Å². The van der Waals surface area contributed by atoms with Gasteiger partial charge in [-0.2, -0.15) is 0 Å². The molecule has 6 nitrogen and oxygen atoms in total. The van der Waals surface area contributed by atoms with Gasteiger partial charge in [0, 0.05) is 16.0 Å². The minimum atomic E-state index is -0.308. The van der Waals surface area contributed by atoms with Gasteiger partial charge in [-0.3, -0.25) is 19.3 Å².